The number of carboxylic acids is 1. The molecule has 1 aromatic carbocycles. The monoisotopic (exact) mass is 231 g/mol. The number of amides is 1. The van der Waals surface area contributed by atoms with Gasteiger partial charge in [0.1, 0.15) is 0 Å². The standard InChI is InChI=1S/C12H12N2O3/c1-6-3-4-9-8(5-6)10(13-7(2)15)11(14-9)12(16)17/h3-5,14H,1-2H3,(H,13,15)(H,16,17)/p-1. The molecule has 0 fully saturated rings. The van der Waals surface area contributed by atoms with E-state index in [0.717, 1.165) is 5.56 Å². The summed E-state index contributed by atoms with van der Waals surface area (Å²) < 4.78 is 0. The molecule has 17 heavy (non-hydrogen) atoms. The van der Waals surface area contributed by atoms with Crippen LogP contribution >= 0.6 is 0 Å². The lowest BCUT2D eigenvalue weighted by Crippen LogP contribution is -2.24. The summed E-state index contributed by atoms with van der Waals surface area (Å²) in [6, 6.07) is 5.43. The summed E-state index contributed by atoms with van der Waals surface area (Å²) in [6.07, 6.45) is 0. The first-order valence-corrected chi connectivity index (χ1v) is 5.10. The second-order valence-corrected chi connectivity index (χ2v) is 3.89. The van der Waals surface area contributed by atoms with Crippen LogP contribution in [0, 0.1) is 6.92 Å². The highest BCUT2D eigenvalue weighted by Gasteiger charge is 2.13. The summed E-state index contributed by atoms with van der Waals surface area (Å²) in [5.74, 6) is -1.67. The number of H-pyrrole nitrogens is 1. The molecule has 0 bridgehead atoms. The van der Waals surface area contributed by atoms with Crippen LogP contribution in [0.2, 0.25) is 0 Å². The number of aryl methyl sites for hydroxylation is 1. The molecule has 2 rings (SSSR count). The number of carbonyl (C=O) groups is 2. The fourth-order valence-electron chi connectivity index (χ4n) is 1.76. The maximum atomic E-state index is 11.1. The number of benzene rings is 1. The zero-order valence-corrected chi connectivity index (χ0v) is 9.46. The first kappa shape index (κ1) is 11.2. The number of hydrogen-bond acceptors (Lipinski definition) is 3. The molecule has 0 atom stereocenters. The van der Waals surface area contributed by atoms with Gasteiger partial charge < -0.3 is 20.2 Å². The van der Waals surface area contributed by atoms with Crippen LogP contribution in [0.1, 0.15) is 23.0 Å². The van der Waals surface area contributed by atoms with Crippen LogP contribution in [-0.2, 0) is 4.79 Å². The number of aromatic nitrogens is 1. The molecule has 0 saturated heterocycles. The second-order valence-electron chi connectivity index (χ2n) is 3.89. The van der Waals surface area contributed by atoms with E-state index in [0.29, 0.717) is 10.9 Å². The molecular weight excluding hydrogens is 220 g/mol. The third-order valence-corrected chi connectivity index (χ3v) is 2.46. The highest BCUT2D eigenvalue weighted by atomic mass is 16.4. The van der Waals surface area contributed by atoms with Gasteiger partial charge in [-0.15, -0.1) is 0 Å². The number of anilines is 1. The molecule has 2 N–H and O–H groups in total. The molecular formula is C12H11N2O3-. The van der Waals surface area contributed by atoms with Gasteiger partial charge in [0, 0.05) is 17.8 Å². The fourth-order valence-corrected chi connectivity index (χ4v) is 1.76. The summed E-state index contributed by atoms with van der Waals surface area (Å²) in [4.78, 5) is 24.8. The number of fused-ring (bicyclic) bond motifs is 1. The van der Waals surface area contributed by atoms with Gasteiger partial charge in [0.05, 0.1) is 17.4 Å². The molecule has 0 aliphatic heterocycles. The van der Waals surface area contributed by atoms with Crippen molar-refractivity contribution >= 4 is 28.5 Å². The van der Waals surface area contributed by atoms with Crippen LogP contribution in [0.4, 0.5) is 5.69 Å². The number of rotatable bonds is 2. The van der Waals surface area contributed by atoms with E-state index in [4.69, 9.17) is 0 Å². The number of hydrogen-bond donors (Lipinski definition) is 2. The number of aromatic carboxylic acids is 1. The summed E-state index contributed by atoms with van der Waals surface area (Å²) >= 11 is 0. The topological polar surface area (TPSA) is 85.0 Å². The number of nitrogens with one attached hydrogen (secondary N) is 2. The van der Waals surface area contributed by atoms with Gasteiger partial charge in [0.2, 0.25) is 5.91 Å². The van der Waals surface area contributed by atoms with Crippen molar-refractivity contribution in [3.05, 3.63) is 29.5 Å². The first-order valence-electron chi connectivity index (χ1n) is 5.10. The maximum Gasteiger partial charge on any atom is 0.221 e. The molecule has 2 aromatic rings. The lowest BCUT2D eigenvalue weighted by atomic mass is 10.1. The van der Waals surface area contributed by atoms with Crippen LogP contribution in [-0.4, -0.2) is 16.9 Å². The van der Waals surface area contributed by atoms with Gasteiger partial charge in [0.25, 0.3) is 0 Å². The zero-order chi connectivity index (χ0) is 12.6. The molecule has 5 nitrogen and oxygen atoms in total. The van der Waals surface area contributed by atoms with Gasteiger partial charge in [-0.25, -0.2) is 0 Å². The number of carboxylic acid groups (broad SMARTS) is 1. The molecule has 0 spiro atoms. The summed E-state index contributed by atoms with van der Waals surface area (Å²) in [7, 11) is 0. The van der Waals surface area contributed by atoms with Crippen LogP contribution in [0.5, 0.6) is 0 Å². The van der Waals surface area contributed by atoms with Crippen molar-refractivity contribution in [3.63, 3.8) is 0 Å². The third kappa shape index (κ3) is 1.99. The Morgan fingerprint density at radius 1 is 1.35 bits per heavy atom. The predicted molar refractivity (Wildman–Crippen MR) is 61.7 cm³/mol. The van der Waals surface area contributed by atoms with Crippen LogP contribution in [0.15, 0.2) is 18.2 Å². The normalized spacial score (nSPS) is 10.5. The third-order valence-electron chi connectivity index (χ3n) is 2.46. The van der Waals surface area contributed by atoms with Crippen molar-refractivity contribution in [1.29, 1.82) is 0 Å². The Labute approximate surface area is 97.4 Å². The minimum absolute atomic E-state index is 0.110. The van der Waals surface area contributed by atoms with E-state index < -0.39 is 5.97 Å². The van der Waals surface area contributed by atoms with Crippen molar-refractivity contribution in [3.8, 4) is 0 Å². The van der Waals surface area contributed by atoms with Gasteiger partial charge in [-0.1, -0.05) is 11.6 Å². The second kappa shape index (κ2) is 3.93. The Morgan fingerprint density at radius 2 is 2.06 bits per heavy atom. The largest absolute Gasteiger partial charge is 0.543 e. The lowest BCUT2D eigenvalue weighted by molar-refractivity contribution is -0.255. The molecule has 0 saturated carbocycles. The van der Waals surface area contributed by atoms with Gasteiger partial charge in [0.15, 0.2) is 0 Å². The molecule has 0 aliphatic carbocycles. The lowest BCUT2D eigenvalue weighted by Gasteiger charge is -2.05. The molecule has 0 radical (unpaired) electrons. The van der Waals surface area contributed by atoms with Gasteiger partial charge in [-0.05, 0) is 19.1 Å². The summed E-state index contributed by atoms with van der Waals surface area (Å²) in [6.45, 7) is 3.22. The van der Waals surface area contributed by atoms with Crippen molar-refractivity contribution in [2.75, 3.05) is 5.32 Å². The fraction of sp³-hybridized carbons (Fsp3) is 0.167. The SMILES string of the molecule is CC(=O)Nc1c(C(=O)[O-])[nH]c2ccc(C)cc12. The predicted octanol–water partition coefficient (Wildman–Crippen LogP) is 0.798. The van der Waals surface area contributed by atoms with E-state index in [1.807, 2.05) is 19.1 Å². The Hall–Kier alpha value is -2.30. The zero-order valence-electron chi connectivity index (χ0n) is 9.46. The Bertz CT molecular complexity index is 613. The van der Waals surface area contributed by atoms with Crippen molar-refractivity contribution in [2.45, 2.75) is 13.8 Å². The molecule has 0 aliphatic rings. The van der Waals surface area contributed by atoms with Crippen LogP contribution in [0.3, 0.4) is 0 Å². The Kier molecular flexibility index (Phi) is 2.59. The molecule has 0 unspecified atom stereocenters. The highest BCUT2D eigenvalue weighted by molar-refractivity contribution is 6.09. The van der Waals surface area contributed by atoms with E-state index in [1.165, 1.54) is 6.92 Å². The van der Waals surface area contributed by atoms with Crippen LogP contribution < -0.4 is 10.4 Å². The molecule has 88 valence electrons. The Balaban J connectivity index is 2.72. The number of aromatic amines is 1. The highest BCUT2D eigenvalue weighted by Crippen LogP contribution is 2.28. The molecule has 1 heterocycles. The van der Waals surface area contributed by atoms with Gasteiger partial charge >= 0.3 is 0 Å². The van der Waals surface area contributed by atoms with E-state index in [9.17, 15) is 14.7 Å². The van der Waals surface area contributed by atoms with Crippen molar-refractivity contribution in [1.82, 2.24) is 4.98 Å². The maximum absolute atomic E-state index is 11.1. The first-order chi connectivity index (χ1) is 7.99. The van der Waals surface area contributed by atoms with Crippen LogP contribution in [0.25, 0.3) is 10.9 Å². The molecule has 1 amide bonds. The number of carbonyl (C=O) groups excluding carboxylic acids is 2. The summed E-state index contributed by atoms with van der Waals surface area (Å²) in [5, 5.41) is 14.1. The Morgan fingerprint density at radius 3 is 2.65 bits per heavy atom. The average Bonchev–Trinajstić information content (AvgIpc) is 2.56. The van der Waals surface area contributed by atoms with Crippen molar-refractivity contribution < 1.29 is 14.7 Å². The van der Waals surface area contributed by atoms with E-state index in [-0.39, 0.29) is 17.3 Å². The smallest absolute Gasteiger partial charge is 0.221 e. The molecule has 5 heteroatoms. The van der Waals surface area contributed by atoms with E-state index >= 15 is 0 Å². The minimum Gasteiger partial charge on any atom is -0.543 e. The van der Waals surface area contributed by atoms with Gasteiger partial charge in [-0.3, -0.25) is 4.79 Å². The molecule has 1 aromatic heterocycles. The minimum atomic E-state index is -1.34. The van der Waals surface area contributed by atoms with E-state index in [2.05, 4.69) is 10.3 Å². The quantitative estimate of drug-likeness (QED) is 0.801. The van der Waals surface area contributed by atoms with E-state index in [1.54, 1.807) is 6.07 Å². The summed E-state index contributed by atoms with van der Waals surface area (Å²) in [5.41, 5.74) is 1.78. The average molecular weight is 231 g/mol. The van der Waals surface area contributed by atoms with Crippen molar-refractivity contribution in [2.24, 2.45) is 0 Å². The van der Waals surface area contributed by atoms with Gasteiger partial charge in [-0.2, -0.15) is 0 Å².